The number of nitrogens with two attached hydrogens (primary N) is 1. The molecule has 3 rings (SSSR count). The second kappa shape index (κ2) is 9.46. The highest BCUT2D eigenvalue weighted by molar-refractivity contribution is 6.15. The summed E-state index contributed by atoms with van der Waals surface area (Å²) < 4.78 is 0. The van der Waals surface area contributed by atoms with Crippen molar-refractivity contribution in [1.29, 1.82) is 0 Å². The Bertz CT molecular complexity index is 1050. The summed E-state index contributed by atoms with van der Waals surface area (Å²) >= 11 is 0. The predicted octanol–water partition coefficient (Wildman–Crippen LogP) is -0.261. The highest BCUT2D eigenvalue weighted by Crippen LogP contribution is 2.49. The molecule has 34 heavy (non-hydrogen) atoms. The van der Waals surface area contributed by atoms with E-state index in [1.54, 1.807) is 25.1 Å². The van der Waals surface area contributed by atoms with Crippen LogP contribution >= 0.6 is 0 Å². The van der Waals surface area contributed by atoms with Gasteiger partial charge in [-0.3, -0.25) is 14.4 Å². The van der Waals surface area contributed by atoms with E-state index >= 15 is 0 Å². The topological polar surface area (TPSA) is 165 Å². The summed E-state index contributed by atoms with van der Waals surface area (Å²) in [6, 6.07) is 2.41. The Morgan fingerprint density at radius 3 is 2.38 bits per heavy atom. The monoisotopic (exact) mass is 475 g/mol. The quantitative estimate of drug-likeness (QED) is 0.319. The van der Waals surface area contributed by atoms with E-state index in [0.717, 1.165) is 5.56 Å². The molecule has 4 atom stereocenters. The number of amides is 1. The van der Waals surface area contributed by atoms with Crippen LogP contribution in [0, 0.1) is 11.8 Å². The summed E-state index contributed by atoms with van der Waals surface area (Å²) in [6.45, 7) is 0.0887. The van der Waals surface area contributed by atoms with Gasteiger partial charge in [-0.1, -0.05) is 6.07 Å². The van der Waals surface area contributed by atoms with Crippen molar-refractivity contribution in [1.82, 2.24) is 9.80 Å². The summed E-state index contributed by atoms with van der Waals surface area (Å²) in [5.41, 5.74) is 3.96. The van der Waals surface area contributed by atoms with E-state index in [1.807, 2.05) is 19.0 Å². The number of primary amides is 1. The molecule has 2 aliphatic carbocycles. The first-order valence-electron chi connectivity index (χ1n) is 11.1. The van der Waals surface area contributed by atoms with Crippen LogP contribution in [0.5, 0.6) is 5.75 Å². The molecule has 0 bridgehead atoms. The fourth-order valence-electron chi connectivity index (χ4n) is 5.40. The maximum absolute atomic E-state index is 13.6. The van der Waals surface area contributed by atoms with E-state index < -0.39 is 59.7 Å². The summed E-state index contributed by atoms with van der Waals surface area (Å²) in [5.74, 6) is -5.38. The van der Waals surface area contributed by atoms with E-state index in [2.05, 4.69) is 0 Å². The lowest BCUT2D eigenvalue weighted by Crippen LogP contribution is -2.60. The highest BCUT2D eigenvalue weighted by atomic mass is 16.3. The number of aromatic hydroxyl groups is 1. The van der Waals surface area contributed by atoms with Crippen LogP contribution in [0.2, 0.25) is 0 Å². The number of benzene rings is 1. The molecule has 0 radical (unpaired) electrons. The molecule has 1 unspecified atom stereocenters. The van der Waals surface area contributed by atoms with Crippen LogP contribution in [0.1, 0.15) is 34.3 Å². The van der Waals surface area contributed by atoms with Crippen LogP contribution in [0.3, 0.4) is 0 Å². The molecule has 0 fully saturated rings. The minimum Gasteiger partial charge on any atom is -0.508 e. The number of aliphatic hydroxyl groups is 3. The first-order valence-corrected chi connectivity index (χ1v) is 11.1. The van der Waals surface area contributed by atoms with Gasteiger partial charge in [-0.2, -0.15) is 0 Å². The number of rotatable bonds is 8. The molecule has 0 saturated heterocycles. The van der Waals surface area contributed by atoms with Crippen molar-refractivity contribution < 1.29 is 34.8 Å². The van der Waals surface area contributed by atoms with Gasteiger partial charge in [0, 0.05) is 24.1 Å². The number of likely N-dealkylation sites (N-methyl/N-ethyl adjacent to an activating group) is 1. The molecule has 1 amide bonds. The number of phenolic OH excluding ortho intramolecular Hbond substituents is 1. The molecule has 10 nitrogen and oxygen atoms in total. The second-order valence-corrected chi connectivity index (χ2v) is 9.72. The molecule has 0 heterocycles. The van der Waals surface area contributed by atoms with E-state index in [0.29, 0.717) is 18.5 Å². The zero-order chi connectivity index (χ0) is 25.5. The zero-order valence-electron chi connectivity index (χ0n) is 19.9. The Morgan fingerprint density at radius 1 is 1.21 bits per heavy atom. The van der Waals surface area contributed by atoms with Crippen LogP contribution in [0.4, 0.5) is 0 Å². The first kappa shape index (κ1) is 25.8. The number of ketones is 2. The number of hydrogen-bond acceptors (Lipinski definition) is 9. The van der Waals surface area contributed by atoms with E-state index in [4.69, 9.17) is 5.73 Å². The molecule has 1 aromatic rings. The molecule has 0 aliphatic heterocycles. The van der Waals surface area contributed by atoms with Gasteiger partial charge in [-0.05, 0) is 64.1 Å². The van der Waals surface area contributed by atoms with E-state index in [1.165, 1.54) is 6.07 Å². The molecule has 0 saturated carbocycles. The van der Waals surface area contributed by atoms with Crippen molar-refractivity contribution >= 4 is 17.5 Å². The van der Waals surface area contributed by atoms with Crippen molar-refractivity contribution in [2.24, 2.45) is 17.6 Å². The van der Waals surface area contributed by atoms with Crippen LogP contribution < -0.4 is 5.73 Å². The van der Waals surface area contributed by atoms with Crippen LogP contribution in [-0.2, 0) is 22.6 Å². The Morgan fingerprint density at radius 2 is 1.85 bits per heavy atom. The van der Waals surface area contributed by atoms with E-state index in [-0.39, 0.29) is 23.3 Å². The smallest absolute Gasteiger partial charge is 0.225 e. The standard InChI is InChI=1S/C24H33N3O7/c1-26(2)10-12-5-6-17(29)21-14(12)7-13-8-15(16(11-28)27(3)4)24(34,18(30)9-19(25)31)23(33)20(13)22(21)32/h5-6,13,15-16,28-29,33-34H,7-11H2,1-4H3,(H2,25,31)/t13-,15-,16?,24+/m0/s1. The molecule has 0 spiro atoms. The Labute approximate surface area is 198 Å². The molecular weight excluding hydrogens is 442 g/mol. The lowest BCUT2D eigenvalue weighted by Gasteiger charge is -2.47. The second-order valence-electron chi connectivity index (χ2n) is 9.72. The molecule has 1 aromatic carbocycles. The number of nitrogens with zero attached hydrogens (tertiary/aromatic N) is 2. The Kier molecular flexibility index (Phi) is 7.18. The summed E-state index contributed by atoms with van der Waals surface area (Å²) in [5, 5.41) is 43.4. The number of phenols is 1. The zero-order valence-corrected chi connectivity index (χ0v) is 19.9. The van der Waals surface area contributed by atoms with Crippen molar-refractivity contribution in [3.05, 3.63) is 40.2 Å². The summed E-state index contributed by atoms with van der Waals surface area (Å²) in [7, 11) is 7.07. The fourth-order valence-corrected chi connectivity index (χ4v) is 5.40. The number of hydrogen-bond donors (Lipinski definition) is 5. The lowest BCUT2D eigenvalue weighted by molar-refractivity contribution is -0.151. The van der Waals surface area contributed by atoms with Gasteiger partial charge < -0.3 is 36.0 Å². The Balaban J connectivity index is 2.24. The SMILES string of the molecule is CN(C)Cc1ccc(O)c2c1C[C@H]1C[C@@H](C(CO)N(C)C)[C@@](O)(C(=O)CC(N)=O)C(O)=C1C2=O. The number of carbonyl (C=O) groups is 3. The van der Waals surface area contributed by atoms with Gasteiger partial charge in [0.15, 0.2) is 17.2 Å². The molecule has 186 valence electrons. The molecule has 2 aliphatic rings. The fraction of sp³-hybridized carbons (Fsp3) is 0.542. The van der Waals surface area contributed by atoms with Gasteiger partial charge in [0.05, 0.1) is 18.6 Å². The predicted molar refractivity (Wildman–Crippen MR) is 123 cm³/mol. The van der Waals surface area contributed by atoms with E-state index in [9.17, 15) is 34.8 Å². The number of allylic oxidation sites excluding steroid dienone is 1. The van der Waals surface area contributed by atoms with Gasteiger partial charge in [0.2, 0.25) is 5.91 Å². The van der Waals surface area contributed by atoms with Crippen molar-refractivity contribution in [2.45, 2.75) is 37.5 Å². The third-order valence-corrected chi connectivity index (χ3v) is 6.97. The average molecular weight is 476 g/mol. The van der Waals surface area contributed by atoms with Gasteiger partial charge in [-0.25, -0.2) is 0 Å². The van der Waals surface area contributed by atoms with Crippen LogP contribution in [0.15, 0.2) is 23.5 Å². The largest absolute Gasteiger partial charge is 0.508 e. The number of Topliss-reactive ketones (excluding diaryl/α,β-unsaturated/α-hetero) is 2. The Hall–Kier alpha value is -2.79. The van der Waals surface area contributed by atoms with Crippen LogP contribution in [-0.4, -0.2) is 94.1 Å². The summed E-state index contributed by atoms with van der Waals surface area (Å²) in [6.07, 6.45) is -0.462. The third kappa shape index (κ3) is 4.22. The maximum Gasteiger partial charge on any atom is 0.225 e. The van der Waals surface area contributed by atoms with Crippen molar-refractivity contribution in [2.75, 3.05) is 34.8 Å². The maximum atomic E-state index is 13.6. The lowest BCUT2D eigenvalue weighted by atomic mass is 9.61. The van der Waals surface area contributed by atoms with Gasteiger partial charge in [-0.15, -0.1) is 0 Å². The minimum atomic E-state index is -2.59. The third-order valence-electron chi connectivity index (χ3n) is 6.97. The minimum absolute atomic E-state index is 0.0339. The molecule has 10 heteroatoms. The average Bonchev–Trinajstić information content (AvgIpc) is 2.72. The number of carbonyl (C=O) groups excluding carboxylic acids is 3. The number of fused-ring (bicyclic) bond motifs is 2. The molecule has 6 N–H and O–H groups in total. The van der Waals surface area contributed by atoms with Crippen molar-refractivity contribution in [3.8, 4) is 5.75 Å². The van der Waals surface area contributed by atoms with Gasteiger partial charge in [0.25, 0.3) is 0 Å². The molecule has 0 aromatic heterocycles. The van der Waals surface area contributed by atoms with Crippen LogP contribution in [0.25, 0.3) is 0 Å². The van der Waals surface area contributed by atoms with Gasteiger partial charge >= 0.3 is 0 Å². The normalized spacial score (nSPS) is 25.4. The summed E-state index contributed by atoms with van der Waals surface area (Å²) in [4.78, 5) is 41.7. The first-order chi connectivity index (χ1) is 15.8. The van der Waals surface area contributed by atoms with Crippen molar-refractivity contribution in [3.63, 3.8) is 0 Å². The number of aliphatic hydroxyl groups excluding tert-OH is 2. The highest BCUT2D eigenvalue weighted by Gasteiger charge is 2.58. The van der Waals surface area contributed by atoms with Gasteiger partial charge in [0.1, 0.15) is 11.5 Å². The molecular formula is C24H33N3O7.